The molecule has 152 valence electrons. The van der Waals surface area contributed by atoms with E-state index in [1.807, 2.05) is 30.3 Å². The summed E-state index contributed by atoms with van der Waals surface area (Å²) in [5.41, 5.74) is 2.18. The van der Waals surface area contributed by atoms with Crippen molar-refractivity contribution in [3.8, 4) is 5.75 Å². The molecule has 1 saturated carbocycles. The zero-order valence-corrected chi connectivity index (χ0v) is 17.4. The maximum absolute atomic E-state index is 12.6. The summed E-state index contributed by atoms with van der Waals surface area (Å²) < 4.78 is 7.64. The summed E-state index contributed by atoms with van der Waals surface area (Å²) in [6.07, 6.45) is 6.98. The third-order valence-electron chi connectivity index (χ3n) is 6.19. The summed E-state index contributed by atoms with van der Waals surface area (Å²) in [5.74, 6) is 2.06. The van der Waals surface area contributed by atoms with E-state index in [0.29, 0.717) is 23.0 Å². The third kappa shape index (κ3) is 4.14. The normalized spacial score (nSPS) is 19.4. The zero-order valence-electron chi connectivity index (χ0n) is 17.4. The minimum absolute atomic E-state index is 0.150. The number of ether oxygens (including phenoxy) is 1. The van der Waals surface area contributed by atoms with Gasteiger partial charge in [0.05, 0.1) is 24.4 Å². The first-order valence-electron chi connectivity index (χ1n) is 10.5. The molecule has 2 aromatic carbocycles. The first-order chi connectivity index (χ1) is 14.0. The maximum Gasteiger partial charge on any atom is 0.255 e. The van der Waals surface area contributed by atoms with E-state index in [2.05, 4.69) is 30.0 Å². The molecule has 29 heavy (non-hydrogen) atoms. The molecule has 1 aromatic heterocycles. The van der Waals surface area contributed by atoms with Crippen molar-refractivity contribution in [2.45, 2.75) is 45.6 Å². The van der Waals surface area contributed by atoms with Crippen LogP contribution in [0.5, 0.6) is 5.75 Å². The molecule has 0 bridgehead atoms. The second kappa shape index (κ2) is 8.27. The van der Waals surface area contributed by atoms with Crippen LogP contribution in [0.15, 0.2) is 48.7 Å². The van der Waals surface area contributed by atoms with Crippen LogP contribution in [0, 0.1) is 11.8 Å². The monoisotopic (exact) mass is 391 g/mol. The van der Waals surface area contributed by atoms with E-state index in [-0.39, 0.29) is 5.91 Å². The summed E-state index contributed by atoms with van der Waals surface area (Å²) in [7, 11) is 1.61. The highest BCUT2D eigenvalue weighted by Gasteiger charge is 2.25. The SMILES string of the molecule is COc1cc2nn([C@H]3CC[C@H](C(C)C)CC3)cc2cc1NC(=O)c1ccccc1. The summed E-state index contributed by atoms with van der Waals surface area (Å²) in [5, 5.41) is 8.81. The van der Waals surface area contributed by atoms with Crippen LogP contribution in [-0.2, 0) is 0 Å². The first-order valence-corrected chi connectivity index (χ1v) is 10.5. The number of nitrogens with zero attached hydrogens (tertiary/aromatic N) is 2. The molecule has 0 spiro atoms. The van der Waals surface area contributed by atoms with Crippen molar-refractivity contribution in [3.05, 3.63) is 54.2 Å². The van der Waals surface area contributed by atoms with Gasteiger partial charge >= 0.3 is 0 Å². The number of nitrogens with one attached hydrogen (secondary N) is 1. The Bertz CT molecular complexity index is 986. The standard InChI is InChI=1S/C24H29N3O2/c1-16(2)17-9-11-20(12-10-17)27-15-19-13-22(23(29-3)14-21(19)26-27)25-24(28)18-7-5-4-6-8-18/h4-8,13-17,20H,9-12H2,1-3H3,(H,25,28)/t17-,20-. The summed E-state index contributed by atoms with van der Waals surface area (Å²) in [6.45, 7) is 4.65. The zero-order chi connectivity index (χ0) is 20.4. The van der Waals surface area contributed by atoms with Crippen molar-refractivity contribution in [2.24, 2.45) is 11.8 Å². The number of benzene rings is 2. The molecule has 1 aliphatic rings. The van der Waals surface area contributed by atoms with Gasteiger partial charge in [0, 0.05) is 23.2 Å². The topological polar surface area (TPSA) is 56.1 Å². The van der Waals surface area contributed by atoms with Gasteiger partial charge in [0.15, 0.2) is 0 Å². The number of hydrogen-bond acceptors (Lipinski definition) is 3. The van der Waals surface area contributed by atoms with Crippen molar-refractivity contribution < 1.29 is 9.53 Å². The number of fused-ring (bicyclic) bond motifs is 1. The highest BCUT2D eigenvalue weighted by molar-refractivity contribution is 6.06. The summed E-state index contributed by atoms with van der Waals surface area (Å²) >= 11 is 0. The molecule has 0 aliphatic heterocycles. The number of methoxy groups -OCH3 is 1. The highest BCUT2D eigenvalue weighted by Crippen LogP contribution is 2.37. The minimum atomic E-state index is -0.150. The molecule has 1 aliphatic carbocycles. The number of hydrogen-bond donors (Lipinski definition) is 1. The number of anilines is 1. The van der Waals surface area contributed by atoms with Gasteiger partial charge in [-0.1, -0.05) is 32.0 Å². The fraction of sp³-hybridized carbons (Fsp3) is 0.417. The second-order valence-corrected chi connectivity index (χ2v) is 8.35. The Morgan fingerprint density at radius 1 is 1.14 bits per heavy atom. The van der Waals surface area contributed by atoms with E-state index < -0.39 is 0 Å². The molecule has 0 saturated heterocycles. The van der Waals surface area contributed by atoms with Crippen LogP contribution >= 0.6 is 0 Å². The van der Waals surface area contributed by atoms with E-state index in [1.165, 1.54) is 25.7 Å². The molecule has 1 N–H and O–H groups in total. The Labute approximate surface area is 172 Å². The van der Waals surface area contributed by atoms with Crippen LogP contribution in [0.25, 0.3) is 10.9 Å². The molecule has 1 fully saturated rings. The molecule has 0 atom stereocenters. The second-order valence-electron chi connectivity index (χ2n) is 8.35. The van der Waals surface area contributed by atoms with E-state index in [4.69, 9.17) is 9.84 Å². The van der Waals surface area contributed by atoms with Gasteiger partial charge in [-0.2, -0.15) is 5.10 Å². The smallest absolute Gasteiger partial charge is 0.255 e. The Hall–Kier alpha value is -2.82. The number of rotatable bonds is 5. The van der Waals surface area contributed by atoms with Crippen molar-refractivity contribution in [2.75, 3.05) is 12.4 Å². The molecular weight excluding hydrogens is 362 g/mol. The highest BCUT2D eigenvalue weighted by atomic mass is 16.5. The van der Waals surface area contributed by atoms with Crippen LogP contribution in [0.3, 0.4) is 0 Å². The van der Waals surface area contributed by atoms with E-state index in [0.717, 1.165) is 22.7 Å². The predicted molar refractivity (Wildman–Crippen MR) is 117 cm³/mol. The molecule has 3 aromatic rings. The van der Waals surface area contributed by atoms with Gasteiger partial charge in [-0.05, 0) is 55.7 Å². The van der Waals surface area contributed by atoms with Crippen molar-refractivity contribution in [1.82, 2.24) is 9.78 Å². The van der Waals surface area contributed by atoms with Crippen LogP contribution in [0.1, 0.15) is 55.9 Å². The van der Waals surface area contributed by atoms with Crippen molar-refractivity contribution in [1.29, 1.82) is 0 Å². The molecule has 4 rings (SSSR count). The van der Waals surface area contributed by atoms with Gasteiger partial charge in [0.25, 0.3) is 5.91 Å². The van der Waals surface area contributed by atoms with Gasteiger partial charge in [-0.25, -0.2) is 0 Å². The number of carbonyl (C=O) groups is 1. The average Bonchev–Trinajstić information content (AvgIpc) is 3.16. The van der Waals surface area contributed by atoms with Gasteiger partial charge in [0.2, 0.25) is 0 Å². The Morgan fingerprint density at radius 2 is 1.86 bits per heavy atom. The average molecular weight is 392 g/mol. The molecular formula is C24H29N3O2. The van der Waals surface area contributed by atoms with Crippen molar-refractivity contribution >= 4 is 22.5 Å². The fourth-order valence-electron chi connectivity index (χ4n) is 4.34. The Morgan fingerprint density at radius 3 is 2.52 bits per heavy atom. The summed E-state index contributed by atoms with van der Waals surface area (Å²) in [6, 6.07) is 13.5. The minimum Gasteiger partial charge on any atom is -0.494 e. The van der Waals surface area contributed by atoms with Crippen LogP contribution in [0.4, 0.5) is 5.69 Å². The van der Waals surface area contributed by atoms with E-state index >= 15 is 0 Å². The number of aromatic nitrogens is 2. The molecule has 5 heteroatoms. The lowest BCUT2D eigenvalue weighted by atomic mass is 9.80. The fourth-order valence-corrected chi connectivity index (χ4v) is 4.34. The molecule has 1 amide bonds. The largest absolute Gasteiger partial charge is 0.494 e. The lowest BCUT2D eigenvalue weighted by Crippen LogP contribution is -2.21. The quantitative estimate of drug-likeness (QED) is 0.608. The molecule has 1 heterocycles. The van der Waals surface area contributed by atoms with Crippen LogP contribution < -0.4 is 10.1 Å². The maximum atomic E-state index is 12.6. The molecule has 0 radical (unpaired) electrons. The van der Waals surface area contributed by atoms with E-state index in [9.17, 15) is 4.79 Å². The Balaban J connectivity index is 1.57. The predicted octanol–water partition coefficient (Wildman–Crippen LogP) is 5.68. The van der Waals surface area contributed by atoms with Crippen molar-refractivity contribution in [3.63, 3.8) is 0 Å². The lowest BCUT2D eigenvalue weighted by Gasteiger charge is -2.30. The lowest BCUT2D eigenvalue weighted by molar-refractivity contribution is 0.102. The van der Waals surface area contributed by atoms with Gasteiger partial charge in [0.1, 0.15) is 5.75 Å². The summed E-state index contributed by atoms with van der Waals surface area (Å²) in [4.78, 5) is 12.6. The molecule has 5 nitrogen and oxygen atoms in total. The number of amides is 1. The van der Waals surface area contributed by atoms with Gasteiger partial charge < -0.3 is 10.1 Å². The van der Waals surface area contributed by atoms with E-state index in [1.54, 1.807) is 19.2 Å². The first kappa shape index (κ1) is 19.5. The van der Waals surface area contributed by atoms with Crippen LogP contribution in [0.2, 0.25) is 0 Å². The van der Waals surface area contributed by atoms with Crippen LogP contribution in [-0.4, -0.2) is 22.8 Å². The molecule has 0 unspecified atom stereocenters. The third-order valence-corrected chi connectivity index (χ3v) is 6.19. The Kier molecular flexibility index (Phi) is 5.56. The van der Waals surface area contributed by atoms with Gasteiger partial charge in [-0.15, -0.1) is 0 Å². The van der Waals surface area contributed by atoms with Gasteiger partial charge in [-0.3, -0.25) is 9.48 Å². The number of carbonyl (C=O) groups excluding carboxylic acids is 1.